The van der Waals surface area contributed by atoms with Crippen LogP contribution in [0.2, 0.25) is 0 Å². The predicted octanol–water partition coefficient (Wildman–Crippen LogP) is 1.79. The van der Waals surface area contributed by atoms with Crippen molar-refractivity contribution in [1.82, 2.24) is 9.97 Å². The van der Waals surface area contributed by atoms with Crippen LogP contribution in [0.5, 0.6) is 0 Å². The Morgan fingerprint density at radius 2 is 1.89 bits per heavy atom. The fourth-order valence-electron chi connectivity index (χ4n) is 1.70. The van der Waals surface area contributed by atoms with Crippen molar-refractivity contribution in [3.8, 4) is 0 Å². The van der Waals surface area contributed by atoms with Crippen LogP contribution in [0, 0.1) is 0 Å². The molecule has 2 rings (SSSR count). The molecule has 0 fully saturated rings. The molecule has 0 saturated heterocycles. The van der Waals surface area contributed by atoms with Crippen molar-refractivity contribution in [3.05, 3.63) is 42.1 Å². The summed E-state index contributed by atoms with van der Waals surface area (Å²) in [7, 11) is 3.83. The molecule has 0 aliphatic heterocycles. The van der Waals surface area contributed by atoms with Gasteiger partial charge >= 0.3 is 0 Å². The zero-order chi connectivity index (χ0) is 13.7. The number of nitrogens with one attached hydrogen (secondary N) is 1. The highest BCUT2D eigenvalue weighted by molar-refractivity contribution is 5.57. The molecule has 19 heavy (non-hydrogen) atoms. The van der Waals surface area contributed by atoms with E-state index in [1.165, 1.54) is 5.56 Å². The minimum Gasteiger partial charge on any atom is -0.347 e. The minimum atomic E-state index is 0.672. The molecule has 5 nitrogen and oxygen atoms in total. The highest BCUT2D eigenvalue weighted by Crippen LogP contribution is 2.16. The van der Waals surface area contributed by atoms with Gasteiger partial charge in [0.2, 0.25) is 5.95 Å². The quantitative estimate of drug-likeness (QED) is 0.854. The maximum Gasteiger partial charge on any atom is 0.226 e. The number of nitrogens with two attached hydrogens (primary N) is 1. The second-order valence-corrected chi connectivity index (χ2v) is 4.50. The van der Waals surface area contributed by atoms with Crippen LogP contribution in [-0.4, -0.2) is 30.6 Å². The molecule has 1 aromatic carbocycles. The van der Waals surface area contributed by atoms with E-state index in [-0.39, 0.29) is 0 Å². The van der Waals surface area contributed by atoms with Crippen molar-refractivity contribution in [3.63, 3.8) is 0 Å². The Morgan fingerprint density at radius 3 is 2.53 bits per heavy atom. The molecule has 1 heterocycles. The molecule has 3 N–H and O–H groups in total. The number of aromatic nitrogens is 2. The SMILES string of the molecule is CN(C)c1nccc(Nc2ccc(CCN)cc2)n1. The smallest absolute Gasteiger partial charge is 0.226 e. The third-order valence-electron chi connectivity index (χ3n) is 2.70. The Bertz CT molecular complexity index is 522. The van der Waals surface area contributed by atoms with Crippen LogP contribution in [-0.2, 0) is 6.42 Å². The first-order valence-corrected chi connectivity index (χ1v) is 6.25. The lowest BCUT2D eigenvalue weighted by molar-refractivity contribution is 0.969. The predicted molar refractivity (Wildman–Crippen MR) is 78.8 cm³/mol. The van der Waals surface area contributed by atoms with Gasteiger partial charge in [-0.2, -0.15) is 4.98 Å². The first-order chi connectivity index (χ1) is 9.19. The van der Waals surface area contributed by atoms with E-state index in [1.54, 1.807) is 6.20 Å². The molecule has 0 saturated carbocycles. The summed E-state index contributed by atoms with van der Waals surface area (Å²) in [6.07, 6.45) is 2.64. The number of anilines is 3. The highest BCUT2D eigenvalue weighted by atomic mass is 15.2. The summed E-state index contributed by atoms with van der Waals surface area (Å²) >= 11 is 0. The molecule has 100 valence electrons. The average molecular weight is 257 g/mol. The lowest BCUT2D eigenvalue weighted by Gasteiger charge is -2.12. The summed E-state index contributed by atoms with van der Waals surface area (Å²) in [5.74, 6) is 1.47. The van der Waals surface area contributed by atoms with Gasteiger partial charge in [-0.05, 0) is 36.7 Å². The number of hydrogen-bond acceptors (Lipinski definition) is 5. The molecule has 0 atom stereocenters. The average Bonchev–Trinajstić information content (AvgIpc) is 2.42. The highest BCUT2D eigenvalue weighted by Gasteiger charge is 2.01. The molecule has 0 bridgehead atoms. The van der Waals surface area contributed by atoms with Crippen LogP contribution in [0.15, 0.2) is 36.5 Å². The standard InChI is InChI=1S/C14H19N5/c1-19(2)14-16-10-8-13(18-14)17-12-5-3-11(4-6-12)7-9-15/h3-6,8,10H,7,9,15H2,1-2H3,(H,16,17,18). The van der Waals surface area contributed by atoms with Gasteiger partial charge in [0.1, 0.15) is 5.82 Å². The van der Waals surface area contributed by atoms with Gasteiger partial charge in [-0.15, -0.1) is 0 Å². The zero-order valence-corrected chi connectivity index (χ0v) is 11.3. The first kappa shape index (κ1) is 13.3. The van der Waals surface area contributed by atoms with Crippen LogP contribution in [0.25, 0.3) is 0 Å². The van der Waals surface area contributed by atoms with Crippen LogP contribution in [0.4, 0.5) is 17.5 Å². The van der Waals surface area contributed by atoms with E-state index >= 15 is 0 Å². The topological polar surface area (TPSA) is 67.1 Å². The normalized spacial score (nSPS) is 10.3. The minimum absolute atomic E-state index is 0.672. The molecule has 5 heteroatoms. The summed E-state index contributed by atoms with van der Waals surface area (Å²) in [5, 5.41) is 3.26. The van der Waals surface area contributed by atoms with Crippen LogP contribution in [0.3, 0.4) is 0 Å². The summed E-state index contributed by atoms with van der Waals surface area (Å²) in [6.45, 7) is 0.672. The Balaban J connectivity index is 2.10. The van der Waals surface area contributed by atoms with E-state index in [0.29, 0.717) is 12.5 Å². The molecular formula is C14H19N5. The number of nitrogens with zero attached hydrogens (tertiary/aromatic N) is 3. The van der Waals surface area contributed by atoms with E-state index in [2.05, 4.69) is 27.4 Å². The lowest BCUT2D eigenvalue weighted by atomic mass is 10.1. The molecule has 0 aliphatic rings. The molecule has 2 aromatic rings. The second kappa shape index (κ2) is 6.15. The molecule has 0 amide bonds. The van der Waals surface area contributed by atoms with E-state index in [1.807, 2.05) is 37.2 Å². The monoisotopic (exact) mass is 257 g/mol. The van der Waals surface area contributed by atoms with Gasteiger partial charge < -0.3 is 16.0 Å². The van der Waals surface area contributed by atoms with Gasteiger partial charge in [-0.1, -0.05) is 12.1 Å². The Kier molecular flexibility index (Phi) is 4.30. The maximum atomic E-state index is 5.53. The first-order valence-electron chi connectivity index (χ1n) is 6.25. The van der Waals surface area contributed by atoms with Crippen LogP contribution < -0.4 is 16.0 Å². The number of benzene rings is 1. The third kappa shape index (κ3) is 3.66. The summed E-state index contributed by atoms with van der Waals surface area (Å²) in [6, 6.07) is 10.1. The zero-order valence-electron chi connectivity index (χ0n) is 11.3. The molecule has 0 unspecified atom stereocenters. The van der Waals surface area contributed by atoms with Gasteiger partial charge in [-0.25, -0.2) is 4.98 Å². The second-order valence-electron chi connectivity index (χ2n) is 4.50. The lowest BCUT2D eigenvalue weighted by Crippen LogP contribution is -2.13. The van der Waals surface area contributed by atoms with Crippen molar-refractivity contribution in [1.29, 1.82) is 0 Å². The van der Waals surface area contributed by atoms with Crippen LogP contribution >= 0.6 is 0 Å². The van der Waals surface area contributed by atoms with Crippen molar-refractivity contribution >= 4 is 17.5 Å². The van der Waals surface area contributed by atoms with E-state index in [0.717, 1.165) is 17.9 Å². The third-order valence-corrected chi connectivity index (χ3v) is 2.70. The van der Waals surface area contributed by atoms with E-state index < -0.39 is 0 Å². The largest absolute Gasteiger partial charge is 0.347 e. The van der Waals surface area contributed by atoms with Gasteiger partial charge in [-0.3, -0.25) is 0 Å². The van der Waals surface area contributed by atoms with Gasteiger partial charge in [0, 0.05) is 26.0 Å². The van der Waals surface area contributed by atoms with Crippen molar-refractivity contribution in [2.75, 3.05) is 30.9 Å². The summed E-state index contributed by atoms with van der Waals surface area (Å²) in [5.41, 5.74) is 7.77. The van der Waals surface area contributed by atoms with Gasteiger partial charge in [0.15, 0.2) is 0 Å². The Labute approximate surface area is 113 Å². The molecule has 0 radical (unpaired) electrons. The van der Waals surface area contributed by atoms with Crippen molar-refractivity contribution < 1.29 is 0 Å². The molecule has 0 aliphatic carbocycles. The van der Waals surface area contributed by atoms with Crippen molar-refractivity contribution in [2.45, 2.75) is 6.42 Å². The summed E-state index contributed by atoms with van der Waals surface area (Å²) in [4.78, 5) is 10.5. The van der Waals surface area contributed by atoms with Gasteiger partial charge in [0.05, 0.1) is 0 Å². The number of hydrogen-bond donors (Lipinski definition) is 2. The van der Waals surface area contributed by atoms with Crippen molar-refractivity contribution in [2.24, 2.45) is 5.73 Å². The molecule has 0 spiro atoms. The number of rotatable bonds is 5. The van der Waals surface area contributed by atoms with Crippen LogP contribution in [0.1, 0.15) is 5.56 Å². The Hall–Kier alpha value is -2.14. The van der Waals surface area contributed by atoms with E-state index in [9.17, 15) is 0 Å². The molecule has 1 aromatic heterocycles. The maximum absolute atomic E-state index is 5.53. The van der Waals surface area contributed by atoms with E-state index in [4.69, 9.17) is 5.73 Å². The fourth-order valence-corrected chi connectivity index (χ4v) is 1.70. The Morgan fingerprint density at radius 1 is 1.16 bits per heavy atom. The van der Waals surface area contributed by atoms with Gasteiger partial charge in [0.25, 0.3) is 0 Å². The summed E-state index contributed by atoms with van der Waals surface area (Å²) < 4.78 is 0. The fraction of sp³-hybridized carbons (Fsp3) is 0.286. The molecular weight excluding hydrogens is 238 g/mol.